The highest BCUT2D eigenvalue weighted by Crippen LogP contribution is 2.31. The highest BCUT2D eigenvalue weighted by molar-refractivity contribution is 7.18. The number of hydrogen-bond acceptors (Lipinski definition) is 10. The van der Waals surface area contributed by atoms with Crippen molar-refractivity contribution in [2.45, 2.75) is 58.6 Å². The summed E-state index contributed by atoms with van der Waals surface area (Å²) in [6, 6.07) is 2.44. The predicted molar refractivity (Wildman–Crippen MR) is 138 cm³/mol. The van der Waals surface area contributed by atoms with Crippen molar-refractivity contribution in [2.24, 2.45) is 0 Å². The maximum atomic E-state index is 6.10. The van der Waals surface area contributed by atoms with E-state index in [0.717, 1.165) is 79.2 Å². The summed E-state index contributed by atoms with van der Waals surface area (Å²) in [6.45, 7) is 10.5. The fourth-order valence-electron chi connectivity index (χ4n) is 4.61. The van der Waals surface area contributed by atoms with Crippen LogP contribution >= 0.6 is 11.3 Å². The average molecular weight is 495 g/mol. The third kappa shape index (κ3) is 6.50. The molecular weight excluding hydrogens is 460 g/mol. The van der Waals surface area contributed by atoms with E-state index in [-0.39, 0.29) is 6.10 Å². The van der Waals surface area contributed by atoms with Gasteiger partial charge in [0.2, 0.25) is 0 Å². The van der Waals surface area contributed by atoms with Crippen molar-refractivity contribution in [3.05, 3.63) is 36.0 Å². The first-order valence-electron chi connectivity index (χ1n) is 12.7. The molecule has 0 spiro atoms. The number of likely N-dealkylation sites (N-methyl/N-ethyl adjacent to an activating group) is 1. The second-order valence-corrected chi connectivity index (χ2v) is 10.3. The molecule has 10 heteroatoms. The molecule has 1 saturated heterocycles. The van der Waals surface area contributed by atoms with Gasteiger partial charge in [-0.1, -0.05) is 24.7 Å². The minimum absolute atomic E-state index is 0.222. The van der Waals surface area contributed by atoms with Crippen molar-refractivity contribution in [1.82, 2.24) is 34.7 Å². The fourth-order valence-corrected chi connectivity index (χ4v) is 5.39. The Hall–Kier alpha value is -2.69. The number of ether oxygens (including phenoxy) is 1. The largest absolute Gasteiger partial charge is 0.460 e. The molecule has 9 nitrogen and oxygen atoms in total. The number of hydrogen-bond donors (Lipinski definition) is 1. The monoisotopic (exact) mass is 494 g/mol. The molecule has 4 heterocycles. The topological polar surface area (TPSA) is 92.2 Å². The highest BCUT2D eigenvalue weighted by atomic mass is 32.1. The molecular formula is C25H34N8OS. The van der Waals surface area contributed by atoms with Gasteiger partial charge in [-0.05, 0) is 45.2 Å². The standard InChI is InChI=1S/C25H34N8OS/c1-3-32-9-11-33(12-10-32)17-19-14-27-23(16-26-19)31-25-28-15-22(35-25)21-13-18(2)29-24(30-21)34-20-7-5-4-6-8-20/h13-16,20H,3-12,17H2,1-2H3,(H,27,28,31). The van der Waals surface area contributed by atoms with E-state index in [1.165, 1.54) is 30.6 Å². The van der Waals surface area contributed by atoms with Crippen LogP contribution in [-0.4, -0.2) is 73.5 Å². The van der Waals surface area contributed by atoms with Crippen molar-refractivity contribution in [3.63, 3.8) is 0 Å². The quantitative estimate of drug-likeness (QED) is 0.492. The first-order valence-corrected chi connectivity index (χ1v) is 13.5. The van der Waals surface area contributed by atoms with Crippen LogP contribution in [-0.2, 0) is 6.54 Å². The summed E-state index contributed by atoms with van der Waals surface area (Å²) in [5.41, 5.74) is 2.71. The van der Waals surface area contributed by atoms with Crippen LogP contribution in [0.1, 0.15) is 50.4 Å². The van der Waals surface area contributed by atoms with E-state index in [2.05, 4.69) is 47.0 Å². The van der Waals surface area contributed by atoms with E-state index >= 15 is 0 Å². The molecule has 35 heavy (non-hydrogen) atoms. The van der Waals surface area contributed by atoms with Crippen LogP contribution in [0.5, 0.6) is 6.01 Å². The molecule has 3 aromatic rings. The van der Waals surface area contributed by atoms with E-state index in [1.807, 2.05) is 25.4 Å². The van der Waals surface area contributed by atoms with Crippen molar-refractivity contribution in [3.8, 4) is 16.6 Å². The molecule has 3 aromatic heterocycles. The third-order valence-electron chi connectivity index (χ3n) is 6.65. The Morgan fingerprint density at radius 2 is 1.77 bits per heavy atom. The van der Waals surface area contributed by atoms with Crippen LogP contribution in [0.25, 0.3) is 10.6 Å². The number of aryl methyl sites for hydroxylation is 1. The molecule has 2 fully saturated rings. The van der Waals surface area contributed by atoms with E-state index in [0.29, 0.717) is 11.8 Å². The maximum absolute atomic E-state index is 6.10. The molecule has 0 bridgehead atoms. The van der Waals surface area contributed by atoms with Gasteiger partial charge in [-0.2, -0.15) is 4.98 Å². The Balaban J connectivity index is 1.19. The van der Waals surface area contributed by atoms with Gasteiger partial charge in [-0.25, -0.2) is 15.0 Å². The molecule has 186 valence electrons. The van der Waals surface area contributed by atoms with Crippen LogP contribution in [0, 0.1) is 6.92 Å². The summed E-state index contributed by atoms with van der Waals surface area (Å²) in [5, 5.41) is 4.03. The summed E-state index contributed by atoms with van der Waals surface area (Å²) >= 11 is 1.53. The molecule has 2 aliphatic rings. The lowest BCUT2D eigenvalue weighted by molar-refractivity contribution is 0.130. The van der Waals surface area contributed by atoms with Crippen molar-refractivity contribution in [1.29, 1.82) is 0 Å². The average Bonchev–Trinajstić information content (AvgIpc) is 3.35. The van der Waals surface area contributed by atoms with E-state index in [1.54, 1.807) is 6.20 Å². The lowest BCUT2D eigenvalue weighted by Crippen LogP contribution is -2.45. The Kier molecular flexibility index (Phi) is 7.80. The normalized spacial score (nSPS) is 18.0. The molecule has 0 amide bonds. The summed E-state index contributed by atoms with van der Waals surface area (Å²) < 4.78 is 6.10. The number of nitrogens with one attached hydrogen (secondary N) is 1. The van der Waals surface area contributed by atoms with Crippen LogP contribution in [0.15, 0.2) is 24.7 Å². The first-order chi connectivity index (χ1) is 17.1. The van der Waals surface area contributed by atoms with Gasteiger partial charge in [-0.3, -0.25) is 9.88 Å². The molecule has 1 N–H and O–H groups in total. The van der Waals surface area contributed by atoms with Gasteiger partial charge in [0, 0.05) is 44.6 Å². The van der Waals surface area contributed by atoms with Gasteiger partial charge < -0.3 is 15.0 Å². The van der Waals surface area contributed by atoms with Crippen LogP contribution in [0.3, 0.4) is 0 Å². The number of thiazole rings is 1. The number of anilines is 2. The number of rotatable bonds is 8. The minimum Gasteiger partial charge on any atom is -0.460 e. The zero-order valence-corrected chi connectivity index (χ0v) is 21.4. The predicted octanol–water partition coefficient (Wildman–Crippen LogP) is 4.29. The van der Waals surface area contributed by atoms with E-state index in [9.17, 15) is 0 Å². The molecule has 1 aliphatic heterocycles. The second kappa shape index (κ2) is 11.4. The first kappa shape index (κ1) is 24.0. The fraction of sp³-hybridized carbons (Fsp3) is 0.560. The van der Waals surface area contributed by atoms with Gasteiger partial charge in [0.05, 0.1) is 28.7 Å². The summed E-state index contributed by atoms with van der Waals surface area (Å²) in [5.74, 6) is 0.686. The molecule has 5 rings (SSSR count). The third-order valence-corrected chi connectivity index (χ3v) is 7.59. The summed E-state index contributed by atoms with van der Waals surface area (Å²) in [4.78, 5) is 28.7. The van der Waals surface area contributed by atoms with Crippen molar-refractivity contribution in [2.75, 3.05) is 38.0 Å². The summed E-state index contributed by atoms with van der Waals surface area (Å²) in [7, 11) is 0. The Bertz CT molecular complexity index is 1090. The van der Waals surface area contributed by atoms with Crippen LogP contribution < -0.4 is 10.1 Å². The molecule has 0 unspecified atom stereocenters. The number of aromatic nitrogens is 5. The molecule has 0 radical (unpaired) electrons. The van der Waals surface area contributed by atoms with Gasteiger partial charge in [0.25, 0.3) is 0 Å². The van der Waals surface area contributed by atoms with E-state index < -0.39 is 0 Å². The number of piperazine rings is 1. The molecule has 1 aliphatic carbocycles. The van der Waals surface area contributed by atoms with E-state index in [4.69, 9.17) is 4.74 Å². The zero-order chi connectivity index (χ0) is 24.0. The maximum Gasteiger partial charge on any atom is 0.317 e. The van der Waals surface area contributed by atoms with Crippen molar-refractivity contribution < 1.29 is 4.74 Å². The second-order valence-electron chi connectivity index (χ2n) is 9.31. The Morgan fingerprint density at radius 1 is 0.971 bits per heavy atom. The Morgan fingerprint density at radius 3 is 2.51 bits per heavy atom. The lowest BCUT2D eigenvalue weighted by atomic mass is 9.98. The van der Waals surface area contributed by atoms with Crippen molar-refractivity contribution >= 4 is 22.3 Å². The van der Waals surface area contributed by atoms with Crippen LogP contribution in [0.4, 0.5) is 10.9 Å². The minimum atomic E-state index is 0.222. The van der Waals surface area contributed by atoms with Gasteiger partial charge in [0.1, 0.15) is 6.10 Å². The lowest BCUT2D eigenvalue weighted by Gasteiger charge is -2.33. The molecule has 0 atom stereocenters. The Labute approximate surface area is 211 Å². The number of nitrogens with zero attached hydrogens (tertiary/aromatic N) is 7. The SMILES string of the molecule is CCN1CCN(Cc2cnc(Nc3ncc(-c4cc(C)nc(OC5CCCCC5)n4)s3)cn2)CC1. The summed E-state index contributed by atoms with van der Waals surface area (Å²) in [6.07, 6.45) is 11.6. The zero-order valence-electron chi connectivity index (χ0n) is 20.6. The molecule has 1 saturated carbocycles. The smallest absolute Gasteiger partial charge is 0.317 e. The van der Waals surface area contributed by atoms with Crippen LogP contribution in [0.2, 0.25) is 0 Å². The highest BCUT2D eigenvalue weighted by Gasteiger charge is 2.18. The van der Waals surface area contributed by atoms with Gasteiger partial charge in [-0.15, -0.1) is 0 Å². The van der Waals surface area contributed by atoms with Gasteiger partial charge >= 0.3 is 6.01 Å². The molecule has 0 aromatic carbocycles. The van der Waals surface area contributed by atoms with Gasteiger partial charge in [0.15, 0.2) is 10.9 Å².